The molecule has 0 saturated carbocycles. The van der Waals surface area contributed by atoms with Gasteiger partial charge < -0.3 is 10.6 Å². The number of nitrogens with one attached hydrogen (secondary N) is 1. The molecule has 0 saturated heterocycles. The topological polar surface area (TPSA) is 57.9 Å². The van der Waals surface area contributed by atoms with E-state index in [0.717, 1.165) is 39.7 Å². The molecule has 1 heterocycles. The molecule has 1 aromatic carbocycles. The van der Waals surface area contributed by atoms with Crippen molar-refractivity contribution in [2.75, 3.05) is 32.1 Å². The molecule has 0 fully saturated rings. The van der Waals surface area contributed by atoms with E-state index in [1.54, 1.807) is 11.8 Å². The van der Waals surface area contributed by atoms with Gasteiger partial charge in [-0.05, 0) is 38.7 Å². The summed E-state index contributed by atoms with van der Waals surface area (Å²) in [5.41, 5.74) is 10.2. The lowest BCUT2D eigenvalue weighted by Crippen LogP contribution is -2.14. The van der Waals surface area contributed by atoms with Crippen LogP contribution in [0, 0.1) is 6.92 Å². The molecule has 2 aromatic rings. The predicted molar refractivity (Wildman–Crippen MR) is 82.5 cm³/mol. The van der Waals surface area contributed by atoms with E-state index in [4.69, 9.17) is 5.73 Å². The van der Waals surface area contributed by atoms with E-state index in [0.29, 0.717) is 0 Å². The first kappa shape index (κ1) is 14.0. The molecular weight excluding hydrogens is 256 g/mol. The Morgan fingerprint density at radius 3 is 2.79 bits per heavy atom. The van der Waals surface area contributed by atoms with Crippen LogP contribution in [0.4, 0.5) is 5.69 Å². The number of hydrogen-bond acceptors (Lipinski definition) is 4. The number of aromatic nitrogens is 2. The number of rotatable bonds is 5. The molecule has 0 spiro atoms. The number of nitrogen functional groups attached to an aromatic ring is 1. The Hall–Kier alpha value is -1.46. The largest absolute Gasteiger partial charge is 0.398 e. The molecule has 0 aliphatic carbocycles. The van der Waals surface area contributed by atoms with Crippen molar-refractivity contribution >= 4 is 17.4 Å². The SMILES string of the molecule is Cc1n[nH]cc1-c1ccc(N)c(SCCN(C)C)c1. The highest BCUT2D eigenvalue weighted by Crippen LogP contribution is 2.31. The number of aromatic amines is 1. The van der Waals surface area contributed by atoms with Crippen molar-refractivity contribution in [1.82, 2.24) is 15.1 Å². The molecule has 3 N–H and O–H groups in total. The van der Waals surface area contributed by atoms with Crippen LogP contribution in [0.1, 0.15) is 5.69 Å². The number of nitrogens with zero attached hydrogens (tertiary/aromatic N) is 2. The summed E-state index contributed by atoms with van der Waals surface area (Å²) in [6, 6.07) is 6.16. The van der Waals surface area contributed by atoms with Crippen LogP contribution in [0.15, 0.2) is 29.3 Å². The smallest absolute Gasteiger partial charge is 0.0669 e. The van der Waals surface area contributed by atoms with Crippen LogP contribution in [0.3, 0.4) is 0 Å². The first-order valence-electron chi connectivity index (χ1n) is 6.25. The molecule has 2 rings (SSSR count). The van der Waals surface area contributed by atoms with E-state index in [-0.39, 0.29) is 0 Å². The average molecular weight is 276 g/mol. The van der Waals surface area contributed by atoms with Gasteiger partial charge in [0.05, 0.1) is 5.69 Å². The van der Waals surface area contributed by atoms with Gasteiger partial charge in [0.15, 0.2) is 0 Å². The molecule has 0 bridgehead atoms. The lowest BCUT2D eigenvalue weighted by molar-refractivity contribution is 0.437. The number of benzene rings is 1. The molecule has 5 heteroatoms. The van der Waals surface area contributed by atoms with E-state index in [2.05, 4.69) is 35.3 Å². The fourth-order valence-corrected chi connectivity index (χ4v) is 2.94. The molecule has 0 radical (unpaired) electrons. The van der Waals surface area contributed by atoms with Crippen LogP contribution < -0.4 is 5.73 Å². The van der Waals surface area contributed by atoms with Gasteiger partial charge >= 0.3 is 0 Å². The van der Waals surface area contributed by atoms with Gasteiger partial charge in [-0.2, -0.15) is 5.10 Å². The van der Waals surface area contributed by atoms with E-state index < -0.39 is 0 Å². The molecule has 0 amide bonds. The maximum atomic E-state index is 6.04. The normalized spacial score (nSPS) is 11.2. The van der Waals surface area contributed by atoms with Gasteiger partial charge in [0, 0.05) is 34.6 Å². The molecule has 0 atom stereocenters. The lowest BCUT2D eigenvalue weighted by atomic mass is 10.1. The number of hydrogen-bond donors (Lipinski definition) is 2. The lowest BCUT2D eigenvalue weighted by Gasteiger charge is -2.11. The Morgan fingerprint density at radius 1 is 1.37 bits per heavy atom. The molecule has 1 aromatic heterocycles. The van der Waals surface area contributed by atoms with Crippen LogP contribution >= 0.6 is 11.8 Å². The third kappa shape index (κ3) is 3.52. The molecule has 4 nitrogen and oxygen atoms in total. The standard InChI is InChI=1S/C14H20N4S/c1-10-12(9-16-17-10)11-4-5-13(15)14(8-11)19-7-6-18(2)3/h4-5,8-9H,6-7,15H2,1-3H3,(H,16,17). The maximum Gasteiger partial charge on any atom is 0.0669 e. The van der Waals surface area contributed by atoms with E-state index >= 15 is 0 Å². The van der Waals surface area contributed by atoms with Crippen LogP contribution in [0.5, 0.6) is 0 Å². The zero-order valence-electron chi connectivity index (χ0n) is 11.6. The monoisotopic (exact) mass is 276 g/mol. The highest BCUT2D eigenvalue weighted by Gasteiger charge is 2.07. The summed E-state index contributed by atoms with van der Waals surface area (Å²) in [5, 5.41) is 7.05. The number of anilines is 1. The van der Waals surface area contributed by atoms with Gasteiger partial charge in [-0.1, -0.05) is 6.07 Å². The predicted octanol–water partition coefficient (Wildman–Crippen LogP) is 2.62. The fourth-order valence-electron chi connectivity index (χ4n) is 1.82. The first-order valence-corrected chi connectivity index (χ1v) is 7.24. The zero-order valence-corrected chi connectivity index (χ0v) is 12.4. The van der Waals surface area contributed by atoms with E-state index in [1.165, 1.54) is 0 Å². The van der Waals surface area contributed by atoms with Crippen LogP contribution in [0.2, 0.25) is 0 Å². The molecule has 102 valence electrons. The van der Waals surface area contributed by atoms with Gasteiger partial charge in [0.1, 0.15) is 0 Å². The van der Waals surface area contributed by atoms with Crippen molar-refractivity contribution in [1.29, 1.82) is 0 Å². The van der Waals surface area contributed by atoms with Crippen molar-refractivity contribution in [3.63, 3.8) is 0 Å². The number of H-pyrrole nitrogens is 1. The summed E-state index contributed by atoms with van der Waals surface area (Å²) in [7, 11) is 4.16. The zero-order chi connectivity index (χ0) is 13.8. The van der Waals surface area contributed by atoms with Crippen molar-refractivity contribution < 1.29 is 0 Å². The van der Waals surface area contributed by atoms with Crippen molar-refractivity contribution in [3.05, 3.63) is 30.1 Å². The van der Waals surface area contributed by atoms with Gasteiger partial charge in [-0.25, -0.2) is 0 Å². The van der Waals surface area contributed by atoms with Crippen molar-refractivity contribution in [2.45, 2.75) is 11.8 Å². The highest BCUT2D eigenvalue weighted by atomic mass is 32.2. The molecule has 0 unspecified atom stereocenters. The van der Waals surface area contributed by atoms with Crippen LogP contribution in [-0.4, -0.2) is 41.5 Å². The minimum absolute atomic E-state index is 0.841. The van der Waals surface area contributed by atoms with Crippen LogP contribution in [0.25, 0.3) is 11.1 Å². The second-order valence-electron chi connectivity index (χ2n) is 4.79. The van der Waals surface area contributed by atoms with Crippen molar-refractivity contribution in [3.8, 4) is 11.1 Å². The fraction of sp³-hybridized carbons (Fsp3) is 0.357. The maximum absolute atomic E-state index is 6.04. The second kappa shape index (κ2) is 6.12. The van der Waals surface area contributed by atoms with Crippen LogP contribution in [-0.2, 0) is 0 Å². The number of nitrogens with two attached hydrogens (primary N) is 1. The minimum atomic E-state index is 0.841. The average Bonchev–Trinajstić information content (AvgIpc) is 2.77. The Labute approximate surface area is 118 Å². The Kier molecular flexibility index (Phi) is 4.50. The molecule has 0 aliphatic rings. The van der Waals surface area contributed by atoms with Crippen molar-refractivity contribution in [2.24, 2.45) is 0 Å². The summed E-state index contributed by atoms with van der Waals surface area (Å²) in [5.74, 6) is 1.03. The Bertz CT molecular complexity index is 548. The van der Waals surface area contributed by atoms with E-state index in [1.807, 2.05) is 25.3 Å². The summed E-state index contributed by atoms with van der Waals surface area (Å²) < 4.78 is 0. The third-order valence-electron chi connectivity index (χ3n) is 2.95. The Balaban J connectivity index is 2.18. The Morgan fingerprint density at radius 2 is 2.16 bits per heavy atom. The minimum Gasteiger partial charge on any atom is -0.398 e. The molecular formula is C14H20N4S. The van der Waals surface area contributed by atoms with Gasteiger partial charge in [-0.15, -0.1) is 11.8 Å². The summed E-state index contributed by atoms with van der Waals surface area (Å²) in [6.45, 7) is 3.04. The number of thioether (sulfide) groups is 1. The number of aryl methyl sites for hydroxylation is 1. The van der Waals surface area contributed by atoms with Gasteiger partial charge in [0.2, 0.25) is 0 Å². The van der Waals surface area contributed by atoms with Gasteiger partial charge in [-0.3, -0.25) is 5.10 Å². The van der Waals surface area contributed by atoms with E-state index in [9.17, 15) is 0 Å². The highest BCUT2D eigenvalue weighted by molar-refractivity contribution is 7.99. The third-order valence-corrected chi connectivity index (χ3v) is 4.00. The second-order valence-corrected chi connectivity index (χ2v) is 5.93. The summed E-state index contributed by atoms with van der Waals surface area (Å²) in [6.07, 6.45) is 1.93. The summed E-state index contributed by atoms with van der Waals surface area (Å²) in [4.78, 5) is 3.31. The molecule has 0 aliphatic heterocycles. The summed E-state index contributed by atoms with van der Waals surface area (Å²) >= 11 is 1.80. The molecule has 19 heavy (non-hydrogen) atoms. The quantitative estimate of drug-likeness (QED) is 0.651. The first-order chi connectivity index (χ1) is 9.08. The van der Waals surface area contributed by atoms with Gasteiger partial charge in [0.25, 0.3) is 0 Å².